The Morgan fingerprint density at radius 2 is 1.91 bits per heavy atom. The van der Waals surface area contributed by atoms with Crippen LogP contribution in [0.15, 0.2) is 42.0 Å². The van der Waals surface area contributed by atoms with Crippen molar-refractivity contribution in [3.8, 4) is 0 Å². The largest absolute Gasteiger partial charge is 0.481 e. The van der Waals surface area contributed by atoms with Gasteiger partial charge >= 0.3 is 5.97 Å². The Morgan fingerprint density at radius 3 is 2.64 bits per heavy atom. The van der Waals surface area contributed by atoms with Gasteiger partial charge < -0.3 is 10.0 Å². The molecular formula is C18H23NO3. The number of hydrogen-bond donors (Lipinski definition) is 1. The third-order valence-corrected chi connectivity index (χ3v) is 3.93. The van der Waals surface area contributed by atoms with Crippen molar-refractivity contribution in [1.29, 1.82) is 0 Å². The van der Waals surface area contributed by atoms with Gasteiger partial charge in [-0.05, 0) is 31.2 Å². The Balaban J connectivity index is 1.68. The van der Waals surface area contributed by atoms with E-state index in [2.05, 4.69) is 24.3 Å². The minimum Gasteiger partial charge on any atom is -0.481 e. The highest BCUT2D eigenvalue weighted by atomic mass is 16.4. The first-order valence-corrected chi connectivity index (χ1v) is 7.91. The van der Waals surface area contributed by atoms with E-state index in [1.165, 1.54) is 5.56 Å². The zero-order chi connectivity index (χ0) is 15.8. The highest BCUT2D eigenvalue weighted by molar-refractivity contribution is 5.98. The Morgan fingerprint density at radius 1 is 1.14 bits per heavy atom. The van der Waals surface area contributed by atoms with Crippen LogP contribution in [0.4, 0.5) is 0 Å². The number of rotatable bonds is 8. The number of aryl methyl sites for hydroxylation is 1. The van der Waals surface area contributed by atoms with Crippen LogP contribution >= 0.6 is 0 Å². The lowest BCUT2D eigenvalue weighted by atomic mass is 10.0. The molecule has 0 atom stereocenters. The molecule has 0 saturated heterocycles. The van der Waals surface area contributed by atoms with E-state index in [0.717, 1.165) is 38.6 Å². The van der Waals surface area contributed by atoms with Crippen LogP contribution in [0.2, 0.25) is 0 Å². The smallest absolute Gasteiger partial charge is 0.308 e. The first-order chi connectivity index (χ1) is 10.7. The third kappa shape index (κ3) is 5.02. The highest BCUT2D eigenvalue weighted by Gasteiger charge is 2.22. The minimum atomic E-state index is -0.940. The predicted molar refractivity (Wildman–Crippen MR) is 85.5 cm³/mol. The highest BCUT2D eigenvalue weighted by Crippen LogP contribution is 2.16. The van der Waals surface area contributed by atoms with E-state index in [0.29, 0.717) is 12.1 Å². The molecule has 4 heteroatoms. The van der Waals surface area contributed by atoms with Crippen LogP contribution in [0.1, 0.15) is 37.7 Å². The number of aliphatic carboxylic acids is 1. The van der Waals surface area contributed by atoms with Crippen LogP contribution in [-0.2, 0) is 16.0 Å². The van der Waals surface area contributed by atoms with Gasteiger partial charge in [0.2, 0.25) is 5.91 Å². The minimum absolute atomic E-state index is 0.100. The molecule has 0 radical (unpaired) electrons. The van der Waals surface area contributed by atoms with Gasteiger partial charge in [0.15, 0.2) is 0 Å². The van der Waals surface area contributed by atoms with Crippen molar-refractivity contribution in [1.82, 2.24) is 4.90 Å². The number of amides is 1. The fourth-order valence-corrected chi connectivity index (χ4v) is 2.76. The monoisotopic (exact) mass is 301 g/mol. The van der Waals surface area contributed by atoms with Gasteiger partial charge in [-0.2, -0.15) is 0 Å². The van der Waals surface area contributed by atoms with Crippen molar-refractivity contribution < 1.29 is 14.7 Å². The second-order valence-electron chi connectivity index (χ2n) is 5.68. The van der Waals surface area contributed by atoms with Gasteiger partial charge in [-0.25, -0.2) is 0 Å². The number of carboxylic acid groups (broad SMARTS) is 1. The summed E-state index contributed by atoms with van der Waals surface area (Å²) in [6.07, 6.45) is 6.60. The molecule has 22 heavy (non-hydrogen) atoms. The summed E-state index contributed by atoms with van der Waals surface area (Å²) in [6.45, 7) is 1.44. The maximum absolute atomic E-state index is 12.1. The van der Waals surface area contributed by atoms with E-state index >= 15 is 0 Å². The molecule has 0 saturated carbocycles. The fourth-order valence-electron chi connectivity index (χ4n) is 2.76. The van der Waals surface area contributed by atoms with Gasteiger partial charge in [-0.3, -0.25) is 9.59 Å². The second kappa shape index (κ2) is 8.37. The summed E-state index contributed by atoms with van der Waals surface area (Å²) in [6, 6.07) is 10.4. The molecule has 1 amide bonds. The third-order valence-electron chi connectivity index (χ3n) is 3.93. The quantitative estimate of drug-likeness (QED) is 0.751. The molecule has 1 heterocycles. The SMILES string of the molecule is O=C(O)CC1=CCCN(CCCCCc2ccccc2)C1=O. The molecule has 0 spiro atoms. The molecule has 0 fully saturated rings. The fraction of sp³-hybridized carbons (Fsp3) is 0.444. The number of carbonyl (C=O) groups is 2. The van der Waals surface area contributed by atoms with Crippen LogP contribution in [-0.4, -0.2) is 35.0 Å². The molecule has 0 bridgehead atoms. The molecule has 1 aromatic carbocycles. The van der Waals surface area contributed by atoms with E-state index in [-0.39, 0.29) is 12.3 Å². The lowest BCUT2D eigenvalue weighted by Crippen LogP contribution is -2.37. The number of benzene rings is 1. The van der Waals surface area contributed by atoms with Crippen molar-refractivity contribution in [2.75, 3.05) is 13.1 Å². The molecule has 1 aliphatic heterocycles. The van der Waals surface area contributed by atoms with E-state index in [1.807, 2.05) is 6.07 Å². The predicted octanol–water partition coefficient (Wildman–Crippen LogP) is 3.03. The molecule has 0 aliphatic carbocycles. The zero-order valence-corrected chi connectivity index (χ0v) is 12.8. The Kier molecular flexibility index (Phi) is 6.19. The molecule has 1 aliphatic rings. The Hall–Kier alpha value is -2.10. The summed E-state index contributed by atoms with van der Waals surface area (Å²) in [5.41, 5.74) is 1.78. The summed E-state index contributed by atoms with van der Waals surface area (Å²) < 4.78 is 0. The molecular weight excluding hydrogens is 278 g/mol. The molecule has 1 N–H and O–H groups in total. The summed E-state index contributed by atoms with van der Waals surface area (Å²) in [4.78, 5) is 24.7. The van der Waals surface area contributed by atoms with Gasteiger partial charge in [0.05, 0.1) is 6.42 Å². The van der Waals surface area contributed by atoms with Crippen molar-refractivity contribution in [2.24, 2.45) is 0 Å². The number of unbranched alkanes of at least 4 members (excludes halogenated alkanes) is 2. The maximum atomic E-state index is 12.1. The van der Waals surface area contributed by atoms with Crippen LogP contribution in [0, 0.1) is 0 Å². The van der Waals surface area contributed by atoms with Gasteiger partial charge in [0.25, 0.3) is 0 Å². The topological polar surface area (TPSA) is 57.6 Å². The van der Waals surface area contributed by atoms with E-state index in [4.69, 9.17) is 5.11 Å². The first kappa shape index (κ1) is 16.3. The normalized spacial score (nSPS) is 14.8. The van der Waals surface area contributed by atoms with Crippen molar-refractivity contribution in [3.05, 3.63) is 47.5 Å². The van der Waals surface area contributed by atoms with Crippen molar-refractivity contribution in [2.45, 2.75) is 38.5 Å². The van der Waals surface area contributed by atoms with Crippen molar-refractivity contribution >= 4 is 11.9 Å². The molecule has 4 nitrogen and oxygen atoms in total. The van der Waals surface area contributed by atoms with E-state index in [1.54, 1.807) is 11.0 Å². The number of carboxylic acids is 1. The van der Waals surface area contributed by atoms with Crippen LogP contribution in [0.3, 0.4) is 0 Å². The number of nitrogens with zero attached hydrogens (tertiary/aromatic N) is 1. The zero-order valence-electron chi connectivity index (χ0n) is 12.8. The molecule has 2 rings (SSSR count). The van der Waals surface area contributed by atoms with Crippen LogP contribution < -0.4 is 0 Å². The maximum Gasteiger partial charge on any atom is 0.308 e. The molecule has 0 aromatic heterocycles. The number of hydrogen-bond acceptors (Lipinski definition) is 2. The Labute approximate surface area is 131 Å². The van der Waals surface area contributed by atoms with Gasteiger partial charge in [0, 0.05) is 18.7 Å². The molecule has 1 aromatic rings. The van der Waals surface area contributed by atoms with Crippen molar-refractivity contribution in [3.63, 3.8) is 0 Å². The average Bonchev–Trinajstić information content (AvgIpc) is 2.51. The summed E-state index contributed by atoms with van der Waals surface area (Å²) in [5, 5.41) is 8.81. The van der Waals surface area contributed by atoms with Gasteiger partial charge in [-0.15, -0.1) is 0 Å². The number of carbonyl (C=O) groups excluding carboxylic acids is 1. The van der Waals surface area contributed by atoms with E-state index < -0.39 is 5.97 Å². The van der Waals surface area contributed by atoms with Crippen LogP contribution in [0.5, 0.6) is 0 Å². The molecule has 0 unspecified atom stereocenters. The lowest BCUT2D eigenvalue weighted by Gasteiger charge is -2.26. The standard InChI is InChI=1S/C18H23NO3/c20-17(21)14-16-11-7-13-19(18(16)22)12-6-2-5-10-15-8-3-1-4-9-15/h1,3-4,8-9,11H,2,5-7,10,12-14H2,(H,20,21). The van der Waals surface area contributed by atoms with E-state index in [9.17, 15) is 9.59 Å². The lowest BCUT2D eigenvalue weighted by molar-refractivity contribution is -0.138. The summed E-state index contributed by atoms with van der Waals surface area (Å²) in [7, 11) is 0. The summed E-state index contributed by atoms with van der Waals surface area (Å²) >= 11 is 0. The second-order valence-corrected chi connectivity index (χ2v) is 5.68. The Bertz CT molecular complexity index is 537. The molecule has 118 valence electrons. The first-order valence-electron chi connectivity index (χ1n) is 7.91. The summed E-state index contributed by atoms with van der Waals surface area (Å²) in [5.74, 6) is -1.04. The van der Waals surface area contributed by atoms with Gasteiger partial charge in [-0.1, -0.05) is 42.8 Å². The van der Waals surface area contributed by atoms with Crippen LogP contribution in [0.25, 0.3) is 0 Å². The average molecular weight is 301 g/mol. The van der Waals surface area contributed by atoms with Gasteiger partial charge in [0.1, 0.15) is 0 Å².